The second kappa shape index (κ2) is 7.69. The van der Waals surface area contributed by atoms with E-state index in [2.05, 4.69) is 21.2 Å². The number of carboxylic acid groups (broad SMARTS) is 1. The van der Waals surface area contributed by atoms with Gasteiger partial charge in [-0.05, 0) is 18.2 Å². The molecule has 0 aliphatic heterocycles. The Morgan fingerprint density at radius 1 is 1.21 bits per heavy atom. The molecule has 24 heavy (non-hydrogen) atoms. The molecule has 2 rings (SSSR count). The Morgan fingerprint density at radius 3 is 2.54 bits per heavy atom. The van der Waals surface area contributed by atoms with Crippen LogP contribution >= 0.6 is 15.9 Å². The van der Waals surface area contributed by atoms with Crippen LogP contribution in [0.2, 0.25) is 0 Å². The summed E-state index contributed by atoms with van der Waals surface area (Å²) in [7, 11) is 0. The summed E-state index contributed by atoms with van der Waals surface area (Å²) in [6.07, 6.45) is -0.188. The Morgan fingerprint density at radius 2 is 1.92 bits per heavy atom. The van der Waals surface area contributed by atoms with E-state index in [1.165, 1.54) is 18.2 Å². The number of halogens is 1. The fraction of sp³-hybridized carbons (Fsp3) is 0.125. The fourth-order valence-electron chi connectivity index (χ4n) is 2.15. The number of benzene rings is 2. The van der Waals surface area contributed by atoms with Crippen molar-refractivity contribution in [3.8, 4) is 0 Å². The molecule has 0 saturated heterocycles. The molecule has 1 amide bonds. The van der Waals surface area contributed by atoms with Gasteiger partial charge in [-0.15, -0.1) is 0 Å². The average Bonchev–Trinajstić information content (AvgIpc) is 2.54. The third-order valence-electron chi connectivity index (χ3n) is 3.30. The van der Waals surface area contributed by atoms with Gasteiger partial charge in [0, 0.05) is 28.1 Å². The molecule has 0 heterocycles. The van der Waals surface area contributed by atoms with E-state index in [0.717, 1.165) is 0 Å². The summed E-state index contributed by atoms with van der Waals surface area (Å²) >= 11 is 3.23. The number of nitrogens with one attached hydrogen (secondary N) is 1. The van der Waals surface area contributed by atoms with Crippen molar-refractivity contribution in [1.82, 2.24) is 5.32 Å². The first-order valence-electron chi connectivity index (χ1n) is 6.90. The van der Waals surface area contributed by atoms with Gasteiger partial charge < -0.3 is 10.4 Å². The monoisotopic (exact) mass is 392 g/mol. The lowest BCUT2D eigenvalue weighted by atomic mass is 10.0. The predicted octanol–water partition coefficient (Wildman–Crippen LogP) is 2.78. The summed E-state index contributed by atoms with van der Waals surface area (Å²) in [6, 6.07) is 11.1. The first kappa shape index (κ1) is 17.6. The van der Waals surface area contributed by atoms with Gasteiger partial charge in [-0.3, -0.25) is 14.9 Å². The fourth-order valence-corrected chi connectivity index (χ4v) is 2.55. The van der Waals surface area contributed by atoms with Gasteiger partial charge in [-0.25, -0.2) is 4.79 Å². The zero-order chi connectivity index (χ0) is 17.7. The van der Waals surface area contributed by atoms with Crippen LogP contribution in [0.4, 0.5) is 5.69 Å². The molecule has 0 bridgehead atoms. The van der Waals surface area contributed by atoms with Gasteiger partial charge in [0.1, 0.15) is 6.04 Å². The molecule has 2 N–H and O–H groups in total. The molecule has 2 aromatic carbocycles. The molecule has 0 radical (unpaired) electrons. The van der Waals surface area contributed by atoms with Gasteiger partial charge >= 0.3 is 5.97 Å². The third kappa shape index (κ3) is 4.39. The molecule has 0 aliphatic carbocycles. The molecule has 0 aromatic heterocycles. The molecule has 0 saturated carbocycles. The van der Waals surface area contributed by atoms with Crippen LogP contribution < -0.4 is 5.32 Å². The van der Waals surface area contributed by atoms with Crippen molar-refractivity contribution in [1.29, 1.82) is 0 Å². The molecule has 7 nitrogen and oxygen atoms in total. The van der Waals surface area contributed by atoms with Crippen molar-refractivity contribution >= 4 is 33.5 Å². The molecule has 124 valence electrons. The van der Waals surface area contributed by atoms with E-state index in [9.17, 15) is 24.8 Å². The molecule has 2 aromatic rings. The maximum absolute atomic E-state index is 12.2. The Bertz CT molecular complexity index is 794. The zero-order valence-electron chi connectivity index (χ0n) is 12.3. The first-order chi connectivity index (χ1) is 11.4. The SMILES string of the molecule is O=C(N[C@H](Cc1ccccc1[N+](=O)[O-])C(=O)O)c1cccc(Br)c1. The summed E-state index contributed by atoms with van der Waals surface area (Å²) in [6.45, 7) is 0. The largest absolute Gasteiger partial charge is 0.480 e. The number of rotatable bonds is 6. The number of para-hydroxylation sites is 1. The highest BCUT2D eigenvalue weighted by Gasteiger charge is 2.24. The Labute approximate surface area is 145 Å². The molecular weight excluding hydrogens is 380 g/mol. The van der Waals surface area contributed by atoms with Crippen LogP contribution in [-0.2, 0) is 11.2 Å². The normalized spacial score (nSPS) is 11.5. The second-order valence-electron chi connectivity index (χ2n) is 4.96. The summed E-state index contributed by atoms with van der Waals surface area (Å²) in [5, 5.41) is 22.7. The average molecular weight is 393 g/mol. The molecule has 8 heteroatoms. The van der Waals surface area contributed by atoms with E-state index in [-0.39, 0.29) is 23.2 Å². The molecule has 0 aliphatic rings. The van der Waals surface area contributed by atoms with Gasteiger partial charge in [-0.2, -0.15) is 0 Å². The van der Waals surface area contributed by atoms with Crippen molar-refractivity contribution < 1.29 is 19.6 Å². The van der Waals surface area contributed by atoms with Crippen LogP contribution in [0.5, 0.6) is 0 Å². The Kier molecular flexibility index (Phi) is 5.64. The molecular formula is C16H13BrN2O5. The topological polar surface area (TPSA) is 110 Å². The van der Waals surface area contributed by atoms with E-state index in [4.69, 9.17) is 0 Å². The minimum absolute atomic E-state index is 0.180. The second-order valence-corrected chi connectivity index (χ2v) is 5.88. The maximum atomic E-state index is 12.2. The number of nitrogens with zero attached hydrogens (tertiary/aromatic N) is 1. The number of hydrogen-bond acceptors (Lipinski definition) is 4. The van der Waals surface area contributed by atoms with Crippen molar-refractivity contribution in [2.45, 2.75) is 12.5 Å². The van der Waals surface area contributed by atoms with Gasteiger partial charge in [0.25, 0.3) is 11.6 Å². The number of aliphatic carboxylic acids is 1. The van der Waals surface area contributed by atoms with E-state index in [1.54, 1.807) is 30.3 Å². The summed E-state index contributed by atoms with van der Waals surface area (Å²) in [4.78, 5) is 34.1. The number of nitro benzene ring substituents is 1. The summed E-state index contributed by atoms with van der Waals surface area (Å²) in [5.41, 5.74) is 0.350. The maximum Gasteiger partial charge on any atom is 0.326 e. The van der Waals surface area contributed by atoms with Gasteiger partial charge in [0.05, 0.1) is 4.92 Å². The standard InChI is InChI=1S/C16H13BrN2O5/c17-12-6-3-5-11(8-12)15(20)18-13(16(21)22)9-10-4-1-2-7-14(10)19(23)24/h1-8,13H,9H2,(H,18,20)(H,21,22)/t13-/m1/s1. The highest BCUT2D eigenvalue weighted by atomic mass is 79.9. The minimum atomic E-state index is -1.28. The molecule has 0 unspecified atom stereocenters. The van der Waals surface area contributed by atoms with E-state index < -0.39 is 22.8 Å². The quantitative estimate of drug-likeness (QED) is 0.580. The van der Waals surface area contributed by atoms with Gasteiger partial charge in [0.15, 0.2) is 0 Å². The molecule has 1 atom stereocenters. The van der Waals surface area contributed by atoms with Crippen LogP contribution in [0.3, 0.4) is 0 Å². The Hall–Kier alpha value is -2.74. The lowest BCUT2D eigenvalue weighted by molar-refractivity contribution is -0.385. The van der Waals surface area contributed by atoms with Crippen LogP contribution in [0.1, 0.15) is 15.9 Å². The number of amides is 1. The first-order valence-corrected chi connectivity index (χ1v) is 7.69. The van der Waals surface area contributed by atoms with Crippen LogP contribution in [0.15, 0.2) is 53.0 Å². The predicted molar refractivity (Wildman–Crippen MR) is 89.8 cm³/mol. The van der Waals surface area contributed by atoms with Crippen molar-refractivity contribution in [3.63, 3.8) is 0 Å². The minimum Gasteiger partial charge on any atom is -0.480 e. The van der Waals surface area contributed by atoms with Gasteiger partial charge in [0.2, 0.25) is 0 Å². The number of nitro groups is 1. The highest BCUT2D eigenvalue weighted by Crippen LogP contribution is 2.19. The third-order valence-corrected chi connectivity index (χ3v) is 3.80. The Balaban J connectivity index is 2.20. The van der Waals surface area contributed by atoms with E-state index in [1.807, 2.05) is 0 Å². The number of hydrogen-bond donors (Lipinski definition) is 2. The van der Waals surface area contributed by atoms with Gasteiger partial charge in [-0.1, -0.05) is 40.2 Å². The zero-order valence-corrected chi connectivity index (χ0v) is 13.9. The van der Waals surface area contributed by atoms with E-state index in [0.29, 0.717) is 4.47 Å². The highest BCUT2D eigenvalue weighted by molar-refractivity contribution is 9.10. The molecule has 0 spiro atoms. The smallest absolute Gasteiger partial charge is 0.326 e. The number of carbonyl (C=O) groups excluding carboxylic acids is 1. The summed E-state index contributed by atoms with van der Waals surface area (Å²) in [5.74, 6) is -1.83. The van der Waals surface area contributed by atoms with E-state index >= 15 is 0 Å². The number of carboxylic acids is 1. The van der Waals surface area contributed by atoms with Crippen molar-refractivity contribution in [2.24, 2.45) is 0 Å². The molecule has 0 fully saturated rings. The van der Waals surface area contributed by atoms with Crippen LogP contribution in [-0.4, -0.2) is 27.9 Å². The van der Waals surface area contributed by atoms with Crippen molar-refractivity contribution in [3.05, 3.63) is 74.2 Å². The summed E-state index contributed by atoms with van der Waals surface area (Å²) < 4.78 is 0.681. The lowest BCUT2D eigenvalue weighted by Crippen LogP contribution is -2.42. The lowest BCUT2D eigenvalue weighted by Gasteiger charge is -2.15. The van der Waals surface area contributed by atoms with Crippen molar-refractivity contribution in [2.75, 3.05) is 0 Å². The van der Waals surface area contributed by atoms with Crippen LogP contribution in [0, 0.1) is 10.1 Å². The van der Waals surface area contributed by atoms with Crippen LogP contribution in [0.25, 0.3) is 0 Å². The number of carbonyl (C=O) groups is 2.